The topological polar surface area (TPSA) is 91.7 Å². The molecule has 0 unspecified atom stereocenters. The summed E-state index contributed by atoms with van der Waals surface area (Å²) in [5, 5.41) is 8.89. The summed E-state index contributed by atoms with van der Waals surface area (Å²) in [4.78, 5) is 10.6. The third-order valence-electron chi connectivity index (χ3n) is 2.29. The Morgan fingerprint density at radius 2 is 1.81 bits per heavy atom. The maximum absolute atomic E-state index is 10.8. The fourth-order valence-electron chi connectivity index (χ4n) is 1.43. The molecule has 0 bridgehead atoms. The summed E-state index contributed by atoms with van der Waals surface area (Å²) >= 11 is 0. The van der Waals surface area contributed by atoms with Gasteiger partial charge in [-0.1, -0.05) is 19.1 Å². The quantitative estimate of drug-likeness (QED) is 0.783. The van der Waals surface area contributed by atoms with Gasteiger partial charge >= 0.3 is 5.97 Å². The molecule has 0 saturated carbocycles. The van der Waals surface area contributed by atoms with Crippen LogP contribution < -0.4 is 0 Å². The van der Waals surface area contributed by atoms with Crippen molar-refractivity contribution in [2.75, 3.05) is 0 Å². The summed E-state index contributed by atoms with van der Waals surface area (Å²) in [7, 11) is -4.22. The predicted molar refractivity (Wildman–Crippen MR) is 56.9 cm³/mol. The zero-order chi connectivity index (χ0) is 12.3. The first-order chi connectivity index (χ1) is 7.36. The lowest BCUT2D eigenvalue weighted by molar-refractivity contribution is -0.138. The van der Waals surface area contributed by atoms with Gasteiger partial charge in [0.1, 0.15) is 0 Å². The van der Waals surface area contributed by atoms with E-state index in [1.54, 1.807) is 6.92 Å². The lowest BCUT2D eigenvalue weighted by atomic mass is 9.97. The van der Waals surface area contributed by atoms with Crippen molar-refractivity contribution < 1.29 is 22.9 Å². The van der Waals surface area contributed by atoms with Crippen molar-refractivity contribution in [1.29, 1.82) is 0 Å². The molecule has 0 radical (unpaired) electrons. The molecule has 5 nitrogen and oxygen atoms in total. The normalized spacial score (nSPS) is 13.4. The Morgan fingerprint density at radius 1 is 1.31 bits per heavy atom. The van der Waals surface area contributed by atoms with Gasteiger partial charge in [-0.15, -0.1) is 0 Å². The second-order valence-electron chi connectivity index (χ2n) is 3.34. The van der Waals surface area contributed by atoms with Gasteiger partial charge in [-0.2, -0.15) is 8.42 Å². The fourth-order valence-corrected chi connectivity index (χ4v) is 1.91. The number of aliphatic carboxylic acids is 1. The van der Waals surface area contributed by atoms with Crippen LogP contribution >= 0.6 is 0 Å². The highest BCUT2D eigenvalue weighted by molar-refractivity contribution is 7.85. The summed E-state index contributed by atoms with van der Waals surface area (Å²) in [6, 6.07) is 5.17. The highest BCUT2D eigenvalue weighted by Gasteiger charge is 2.18. The van der Waals surface area contributed by atoms with E-state index < -0.39 is 22.0 Å². The van der Waals surface area contributed by atoms with Gasteiger partial charge in [0.2, 0.25) is 0 Å². The second kappa shape index (κ2) is 4.63. The highest BCUT2D eigenvalue weighted by atomic mass is 32.2. The van der Waals surface area contributed by atoms with Gasteiger partial charge in [-0.3, -0.25) is 9.35 Å². The first-order valence-electron chi connectivity index (χ1n) is 4.66. The van der Waals surface area contributed by atoms with Crippen molar-refractivity contribution in [3.63, 3.8) is 0 Å². The minimum atomic E-state index is -4.22. The van der Waals surface area contributed by atoms with E-state index in [0.29, 0.717) is 12.0 Å². The smallest absolute Gasteiger partial charge is 0.310 e. The molecule has 1 atom stereocenters. The average Bonchev–Trinajstić information content (AvgIpc) is 2.17. The van der Waals surface area contributed by atoms with Gasteiger partial charge in [-0.25, -0.2) is 0 Å². The zero-order valence-electron chi connectivity index (χ0n) is 8.62. The van der Waals surface area contributed by atoms with Crippen LogP contribution in [0.2, 0.25) is 0 Å². The maximum atomic E-state index is 10.8. The highest BCUT2D eigenvalue weighted by Crippen LogP contribution is 2.21. The first kappa shape index (κ1) is 12.7. The molecule has 0 spiro atoms. The molecule has 0 heterocycles. The number of hydrogen-bond acceptors (Lipinski definition) is 3. The van der Waals surface area contributed by atoms with Gasteiger partial charge in [0, 0.05) is 0 Å². The summed E-state index contributed by atoms with van der Waals surface area (Å²) < 4.78 is 30.3. The van der Waals surface area contributed by atoms with Crippen LogP contribution in [0.1, 0.15) is 24.8 Å². The van der Waals surface area contributed by atoms with Crippen LogP contribution in [0, 0.1) is 0 Å². The standard InChI is InChI=1S/C10H12O5S/c1-2-9(10(11)12)7-3-5-8(6-4-7)16(13,14)15/h3-6,9H,2H2,1H3,(H,11,12)(H,13,14,15)/t9-/m0/s1. The van der Waals surface area contributed by atoms with Crippen LogP contribution in [0.25, 0.3) is 0 Å². The number of rotatable bonds is 4. The Morgan fingerprint density at radius 3 is 2.12 bits per heavy atom. The molecule has 0 fully saturated rings. The summed E-state index contributed by atoms with van der Waals surface area (Å²) in [6.45, 7) is 1.73. The average molecular weight is 244 g/mol. The minimum Gasteiger partial charge on any atom is -0.481 e. The summed E-state index contributed by atoms with van der Waals surface area (Å²) in [5.74, 6) is -1.61. The molecule has 88 valence electrons. The molecule has 0 aliphatic carbocycles. The monoisotopic (exact) mass is 244 g/mol. The zero-order valence-corrected chi connectivity index (χ0v) is 9.44. The van der Waals surface area contributed by atoms with Gasteiger partial charge in [-0.05, 0) is 24.1 Å². The fraction of sp³-hybridized carbons (Fsp3) is 0.300. The van der Waals surface area contributed by atoms with Crippen molar-refractivity contribution in [3.05, 3.63) is 29.8 Å². The largest absolute Gasteiger partial charge is 0.481 e. The summed E-state index contributed by atoms with van der Waals surface area (Å²) in [5.41, 5.74) is 0.516. The third-order valence-corrected chi connectivity index (χ3v) is 3.15. The Labute approximate surface area is 93.5 Å². The lowest BCUT2D eigenvalue weighted by Crippen LogP contribution is -2.10. The number of carboxylic acid groups (broad SMARTS) is 1. The van der Waals surface area contributed by atoms with Gasteiger partial charge < -0.3 is 5.11 Å². The molecular formula is C10H12O5S. The van der Waals surface area contributed by atoms with E-state index in [2.05, 4.69) is 0 Å². The lowest BCUT2D eigenvalue weighted by Gasteiger charge is -2.09. The number of benzene rings is 1. The molecule has 0 aliphatic rings. The molecule has 0 amide bonds. The number of carboxylic acids is 1. The van der Waals surface area contributed by atoms with Gasteiger partial charge in [0.05, 0.1) is 10.8 Å². The van der Waals surface area contributed by atoms with Crippen molar-refractivity contribution >= 4 is 16.1 Å². The maximum Gasteiger partial charge on any atom is 0.310 e. The molecule has 1 aromatic carbocycles. The first-order valence-corrected chi connectivity index (χ1v) is 6.10. The molecule has 2 N–H and O–H groups in total. The third kappa shape index (κ3) is 2.80. The molecule has 1 aromatic rings. The summed E-state index contributed by atoms with van der Waals surface area (Å²) in [6.07, 6.45) is 0.417. The van der Waals surface area contributed by atoms with E-state index in [9.17, 15) is 13.2 Å². The molecule has 0 aromatic heterocycles. The second-order valence-corrected chi connectivity index (χ2v) is 4.76. The molecule has 16 heavy (non-hydrogen) atoms. The van der Waals surface area contributed by atoms with Crippen molar-refractivity contribution in [1.82, 2.24) is 0 Å². The van der Waals surface area contributed by atoms with Crippen LogP contribution in [0.5, 0.6) is 0 Å². The number of hydrogen-bond donors (Lipinski definition) is 2. The molecule has 1 rings (SSSR count). The molecular weight excluding hydrogens is 232 g/mol. The Bertz CT molecular complexity index is 474. The van der Waals surface area contributed by atoms with Crippen LogP contribution in [-0.2, 0) is 14.9 Å². The van der Waals surface area contributed by atoms with Crippen molar-refractivity contribution in [2.24, 2.45) is 0 Å². The Balaban J connectivity index is 3.08. The SMILES string of the molecule is CC[C@H](C(=O)O)c1ccc(S(=O)(=O)O)cc1. The van der Waals surface area contributed by atoms with Gasteiger partial charge in [0.25, 0.3) is 10.1 Å². The predicted octanol–water partition coefficient (Wildman–Crippen LogP) is 1.51. The van der Waals surface area contributed by atoms with Crippen LogP contribution in [0.4, 0.5) is 0 Å². The van der Waals surface area contributed by atoms with Crippen molar-refractivity contribution in [2.45, 2.75) is 24.2 Å². The van der Waals surface area contributed by atoms with E-state index in [1.165, 1.54) is 24.3 Å². The molecule has 0 saturated heterocycles. The number of carbonyl (C=O) groups is 1. The van der Waals surface area contributed by atoms with E-state index in [-0.39, 0.29) is 4.90 Å². The Kier molecular flexibility index (Phi) is 3.66. The van der Waals surface area contributed by atoms with Crippen LogP contribution in [0.15, 0.2) is 29.2 Å². The van der Waals surface area contributed by atoms with Crippen molar-refractivity contribution in [3.8, 4) is 0 Å². The minimum absolute atomic E-state index is 0.239. The van der Waals surface area contributed by atoms with Crippen LogP contribution in [0.3, 0.4) is 0 Å². The van der Waals surface area contributed by atoms with E-state index in [0.717, 1.165) is 0 Å². The van der Waals surface area contributed by atoms with Gasteiger partial charge in [0.15, 0.2) is 0 Å². The Hall–Kier alpha value is -1.40. The van der Waals surface area contributed by atoms with E-state index in [1.807, 2.05) is 0 Å². The van der Waals surface area contributed by atoms with E-state index >= 15 is 0 Å². The molecule has 6 heteroatoms. The molecule has 0 aliphatic heterocycles. The van der Waals surface area contributed by atoms with Crippen LogP contribution in [-0.4, -0.2) is 24.0 Å². The van der Waals surface area contributed by atoms with E-state index in [4.69, 9.17) is 9.66 Å².